The molecule has 0 fully saturated rings. The summed E-state index contributed by atoms with van der Waals surface area (Å²) in [5, 5.41) is 8.29. The number of aromatic carboxylic acids is 1. The van der Waals surface area contributed by atoms with Crippen LogP contribution in [0, 0.1) is 0 Å². The molecule has 0 unspecified atom stereocenters. The number of nitrogens with zero attached hydrogens (tertiary/aromatic N) is 2. The molecule has 10 heavy (non-hydrogen) atoms. The number of rotatable bonds is 1. The number of hydrogen-bond acceptors (Lipinski definition) is 3. The van der Waals surface area contributed by atoms with Crippen LogP contribution in [0.5, 0.6) is 0 Å². The van der Waals surface area contributed by atoms with E-state index in [0.717, 1.165) is 0 Å². The fraction of sp³-hybridized carbons (Fsp3) is 0. The van der Waals surface area contributed by atoms with E-state index in [4.69, 9.17) is 5.11 Å². The zero-order valence-electron chi connectivity index (χ0n) is 4.48. The zero-order chi connectivity index (χ0) is 6.69. The van der Waals surface area contributed by atoms with Gasteiger partial charge < -0.3 is 5.11 Å². The molecule has 0 amide bonds. The van der Waals surface area contributed by atoms with Gasteiger partial charge in [-0.05, 0) is 6.07 Å². The van der Waals surface area contributed by atoms with E-state index >= 15 is 0 Å². The maximum atomic E-state index is 10.1. The van der Waals surface area contributed by atoms with Crippen molar-refractivity contribution in [1.82, 2.24) is 9.97 Å². The summed E-state index contributed by atoms with van der Waals surface area (Å²) in [6, 6.07) is 1.34. The molecule has 0 aromatic carbocycles. The molecule has 0 radical (unpaired) electrons. The Balaban J connectivity index is 0.000000810. The second kappa shape index (κ2) is 4.04. The van der Waals surface area contributed by atoms with Crippen LogP contribution < -0.4 is 0 Å². The van der Waals surface area contributed by atoms with Crippen molar-refractivity contribution in [2.75, 3.05) is 0 Å². The summed E-state index contributed by atoms with van der Waals surface area (Å²) < 4.78 is 0. The summed E-state index contributed by atoms with van der Waals surface area (Å²) in [5.74, 6) is -1.03. The minimum atomic E-state index is -1.03. The molecule has 0 saturated heterocycles. The molecule has 0 aliphatic rings. The summed E-state index contributed by atoms with van der Waals surface area (Å²) in [7, 11) is 0. The van der Waals surface area contributed by atoms with Crippen molar-refractivity contribution >= 4 is 24.8 Å². The van der Waals surface area contributed by atoms with Gasteiger partial charge >= 0.3 is 24.8 Å². The molecular formula is C5H5LiN2O2. The third-order valence-electron chi connectivity index (χ3n) is 0.801. The van der Waals surface area contributed by atoms with E-state index in [-0.39, 0.29) is 24.6 Å². The van der Waals surface area contributed by atoms with Gasteiger partial charge in [-0.15, -0.1) is 0 Å². The van der Waals surface area contributed by atoms with Crippen molar-refractivity contribution in [2.45, 2.75) is 0 Å². The second-order valence-electron chi connectivity index (χ2n) is 1.40. The monoisotopic (exact) mass is 132 g/mol. The normalized spacial score (nSPS) is 8.00. The first-order chi connectivity index (χ1) is 4.30. The number of carboxylic acids is 1. The standard InChI is InChI=1S/C5H4N2O2.Li.H/c8-5(9)4-1-2-6-3-7-4;;/h1-3H,(H,8,9);;. The van der Waals surface area contributed by atoms with Gasteiger partial charge in [0.1, 0.15) is 6.33 Å². The first-order valence-corrected chi connectivity index (χ1v) is 2.30. The molecule has 1 heterocycles. The van der Waals surface area contributed by atoms with Crippen LogP contribution in [-0.4, -0.2) is 39.9 Å². The quantitative estimate of drug-likeness (QED) is 0.524. The Morgan fingerprint density at radius 3 is 2.60 bits per heavy atom. The summed E-state index contributed by atoms with van der Waals surface area (Å²) >= 11 is 0. The third kappa shape index (κ3) is 2.17. The van der Waals surface area contributed by atoms with Gasteiger partial charge in [0.2, 0.25) is 0 Å². The van der Waals surface area contributed by atoms with Gasteiger partial charge in [-0.3, -0.25) is 0 Å². The molecule has 0 atom stereocenters. The average molecular weight is 132 g/mol. The number of hydrogen-bond donors (Lipinski definition) is 1. The molecule has 0 spiro atoms. The number of aromatic nitrogens is 2. The molecule has 0 bridgehead atoms. The molecule has 1 aromatic heterocycles. The minimum absolute atomic E-state index is 0. The first-order valence-electron chi connectivity index (χ1n) is 2.30. The van der Waals surface area contributed by atoms with Gasteiger partial charge in [-0.1, -0.05) is 0 Å². The number of carbonyl (C=O) groups is 1. The van der Waals surface area contributed by atoms with Crippen molar-refractivity contribution in [3.63, 3.8) is 0 Å². The number of carboxylic acid groups (broad SMARTS) is 1. The molecule has 48 valence electrons. The molecular weight excluding hydrogens is 127 g/mol. The summed E-state index contributed by atoms with van der Waals surface area (Å²) in [6.07, 6.45) is 2.58. The fourth-order valence-electron chi connectivity index (χ4n) is 0.417. The molecule has 1 rings (SSSR count). The van der Waals surface area contributed by atoms with E-state index in [0.29, 0.717) is 0 Å². The van der Waals surface area contributed by atoms with Crippen LogP contribution in [0.4, 0.5) is 0 Å². The van der Waals surface area contributed by atoms with Gasteiger partial charge in [0, 0.05) is 6.20 Å². The molecule has 0 aliphatic heterocycles. The van der Waals surface area contributed by atoms with Crippen LogP contribution in [-0.2, 0) is 0 Å². The van der Waals surface area contributed by atoms with E-state index in [9.17, 15) is 4.79 Å². The third-order valence-corrected chi connectivity index (χ3v) is 0.801. The van der Waals surface area contributed by atoms with Crippen LogP contribution in [0.15, 0.2) is 18.6 Å². The van der Waals surface area contributed by atoms with E-state index in [1.54, 1.807) is 0 Å². The van der Waals surface area contributed by atoms with Gasteiger partial charge in [0.05, 0.1) is 0 Å². The topological polar surface area (TPSA) is 63.1 Å². The van der Waals surface area contributed by atoms with Gasteiger partial charge in [0.15, 0.2) is 5.69 Å². The van der Waals surface area contributed by atoms with Gasteiger partial charge in [-0.25, -0.2) is 14.8 Å². The van der Waals surface area contributed by atoms with Crippen LogP contribution in [0.3, 0.4) is 0 Å². The molecule has 0 aliphatic carbocycles. The van der Waals surface area contributed by atoms with Crippen LogP contribution in [0.2, 0.25) is 0 Å². The Morgan fingerprint density at radius 2 is 2.30 bits per heavy atom. The van der Waals surface area contributed by atoms with Crippen molar-refractivity contribution < 1.29 is 9.90 Å². The molecule has 4 nitrogen and oxygen atoms in total. The first kappa shape index (κ1) is 9.15. The Morgan fingerprint density at radius 1 is 1.60 bits per heavy atom. The Labute approximate surface area is 69.5 Å². The van der Waals surface area contributed by atoms with Gasteiger partial charge in [0.25, 0.3) is 0 Å². The Bertz CT molecular complexity index is 214. The van der Waals surface area contributed by atoms with Crippen molar-refractivity contribution in [3.8, 4) is 0 Å². The maximum absolute atomic E-state index is 10.1. The fourth-order valence-corrected chi connectivity index (χ4v) is 0.417. The second-order valence-corrected chi connectivity index (χ2v) is 1.40. The van der Waals surface area contributed by atoms with E-state index in [2.05, 4.69) is 9.97 Å². The Kier molecular flexibility index (Phi) is 3.70. The zero-order valence-corrected chi connectivity index (χ0v) is 4.48. The average Bonchev–Trinajstić information content (AvgIpc) is 1.90. The molecule has 1 N–H and O–H groups in total. The predicted octanol–water partition coefficient (Wildman–Crippen LogP) is -0.474. The summed E-state index contributed by atoms with van der Waals surface area (Å²) in [4.78, 5) is 17.1. The van der Waals surface area contributed by atoms with Crippen molar-refractivity contribution in [1.29, 1.82) is 0 Å². The summed E-state index contributed by atoms with van der Waals surface area (Å²) in [6.45, 7) is 0. The van der Waals surface area contributed by atoms with Gasteiger partial charge in [-0.2, -0.15) is 0 Å². The molecule has 1 aromatic rings. The Hall–Kier alpha value is -0.853. The van der Waals surface area contributed by atoms with Crippen molar-refractivity contribution in [2.24, 2.45) is 0 Å². The summed E-state index contributed by atoms with van der Waals surface area (Å²) in [5.41, 5.74) is 0.0185. The van der Waals surface area contributed by atoms with E-state index in [1.807, 2.05) is 0 Å². The van der Waals surface area contributed by atoms with E-state index in [1.165, 1.54) is 18.6 Å². The van der Waals surface area contributed by atoms with Crippen LogP contribution in [0.1, 0.15) is 10.5 Å². The van der Waals surface area contributed by atoms with Crippen LogP contribution >= 0.6 is 0 Å². The van der Waals surface area contributed by atoms with E-state index < -0.39 is 5.97 Å². The molecule has 0 saturated carbocycles. The van der Waals surface area contributed by atoms with Crippen molar-refractivity contribution in [3.05, 3.63) is 24.3 Å². The SMILES string of the molecule is O=C(O)c1ccncn1.[LiH]. The predicted molar refractivity (Wildman–Crippen MR) is 36.1 cm³/mol. The molecule has 5 heteroatoms. The van der Waals surface area contributed by atoms with Crippen LogP contribution in [0.25, 0.3) is 0 Å².